The fourth-order valence-electron chi connectivity index (χ4n) is 5.74. The average Bonchev–Trinajstić information content (AvgIpc) is 2.74. The number of rotatable bonds is 4. The van der Waals surface area contributed by atoms with Gasteiger partial charge < -0.3 is 15.1 Å². The molecule has 0 bridgehead atoms. The molecule has 3 aliphatic rings. The van der Waals surface area contributed by atoms with E-state index < -0.39 is 22.9 Å². The fourth-order valence-corrected chi connectivity index (χ4v) is 5.74. The van der Waals surface area contributed by atoms with E-state index in [-0.39, 0.29) is 40.8 Å². The predicted molar refractivity (Wildman–Crippen MR) is 122 cm³/mol. The van der Waals surface area contributed by atoms with Crippen LogP contribution in [0.2, 0.25) is 0 Å². The smallest absolute Gasteiger partial charge is 0.193 e. The van der Waals surface area contributed by atoms with Gasteiger partial charge in [-0.05, 0) is 70.4 Å². The molecule has 1 aromatic rings. The van der Waals surface area contributed by atoms with Crippen LogP contribution in [0.1, 0.15) is 67.6 Å². The van der Waals surface area contributed by atoms with Crippen LogP contribution in [-0.2, 0) is 20.8 Å². The van der Waals surface area contributed by atoms with Crippen LogP contribution in [-0.4, -0.2) is 39.9 Å². The van der Waals surface area contributed by atoms with Crippen molar-refractivity contribution in [3.63, 3.8) is 0 Å². The highest BCUT2D eigenvalue weighted by atomic mass is 16.6. The summed E-state index contributed by atoms with van der Waals surface area (Å²) in [6.45, 7) is 8.76. The summed E-state index contributed by atoms with van der Waals surface area (Å²) in [7, 11) is 0. The van der Waals surface area contributed by atoms with E-state index in [4.69, 9.17) is 4.84 Å². The van der Waals surface area contributed by atoms with Gasteiger partial charge in [0.15, 0.2) is 17.3 Å². The Balaban J connectivity index is 1.88. The quantitative estimate of drug-likeness (QED) is 0.400. The van der Waals surface area contributed by atoms with Crippen LogP contribution >= 0.6 is 0 Å². The van der Waals surface area contributed by atoms with Crippen molar-refractivity contribution in [2.75, 3.05) is 6.61 Å². The number of aliphatic hydroxyl groups excluding tert-OH is 2. The number of ketones is 3. The van der Waals surface area contributed by atoms with Crippen LogP contribution in [0, 0.1) is 24.2 Å². The van der Waals surface area contributed by atoms with Gasteiger partial charge >= 0.3 is 0 Å². The molecule has 4 rings (SSSR count). The number of hydrogen-bond donors (Lipinski definition) is 2. The van der Waals surface area contributed by atoms with Gasteiger partial charge in [-0.3, -0.25) is 14.4 Å². The van der Waals surface area contributed by atoms with Crippen molar-refractivity contribution in [2.24, 2.45) is 22.4 Å². The molecule has 0 saturated carbocycles. The van der Waals surface area contributed by atoms with Crippen LogP contribution in [0.5, 0.6) is 0 Å². The summed E-state index contributed by atoms with van der Waals surface area (Å²) in [5.74, 6) is -2.66. The average molecular weight is 452 g/mol. The maximum absolute atomic E-state index is 13.7. The van der Waals surface area contributed by atoms with E-state index in [1.807, 2.05) is 32.9 Å². The lowest BCUT2D eigenvalue weighted by atomic mass is 9.55. The number of aryl methyl sites for hydroxylation is 1. The van der Waals surface area contributed by atoms with E-state index in [9.17, 15) is 24.6 Å². The molecule has 0 heterocycles. The first-order valence-corrected chi connectivity index (χ1v) is 11.3. The highest BCUT2D eigenvalue weighted by Gasteiger charge is 2.57. The molecule has 0 spiro atoms. The second kappa shape index (κ2) is 7.97. The summed E-state index contributed by atoms with van der Waals surface area (Å²) in [4.78, 5) is 44.3. The van der Waals surface area contributed by atoms with Crippen LogP contribution in [0.15, 0.2) is 40.0 Å². The van der Waals surface area contributed by atoms with Gasteiger partial charge in [0.25, 0.3) is 0 Å². The Morgan fingerprint density at radius 2 is 1.91 bits per heavy atom. The number of carbonyl (C=O) groups excluding carboxylic acids is 3. The molecule has 3 aliphatic carbocycles. The number of nitrogens with zero attached hydrogens (tertiary/aromatic N) is 1. The van der Waals surface area contributed by atoms with E-state index in [0.29, 0.717) is 30.7 Å². The summed E-state index contributed by atoms with van der Waals surface area (Å²) in [6, 6.07) is 3.78. The Morgan fingerprint density at radius 3 is 2.55 bits per heavy atom. The molecule has 7 heteroatoms. The van der Waals surface area contributed by atoms with Gasteiger partial charge in [0, 0.05) is 23.1 Å². The Labute approximate surface area is 192 Å². The summed E-state index contributed by atoms with van der Waals surface area (Å²) < 4.78 is 0. The Kier molecular flexibility index (Phi) is 5.55. The molecule has 33 heavy (non-hydrogen) atoms. The van der Waals surface area contributed by atoms with Crippen LogP contribution < -0.4 is 0 Å². The SMILES string of the molecule is CCO/N=C(\C)c1ccc(C)c2c1C[C@H]1C[C@H]3CC(O)=C(C(C)=O)C(=O)[C@@]3(C)C(O)=C1C2=O. The zero-order chi connectivity index (χ0) is 24.2. The van der Waals surface area contributed by atoms with Crippen molar-refractivity contribution < 1.29 is 29.4 Å². The molecule has 2 N–H and O–H groups in total. The van der Waals surface area contributed by atoms with Crippen molar-refractivity contribution >= 4 is 23.1 Å². The first-order chi connectivity index (χ1) is 15.5. The molecule has 0 amide bonds. The van der Waals surface area contributed by atoms with E-state index in [2.05, 4.69) is 5.16 Å². The third-order valence-corrected chi connectivity index (χ3v) is 7.48. The molecule has 0 aliphatic heterocycles. The minimum atomic E-state index is -1.41. The lowest BCUT2D eigenvalue weighted by molar-refractivity contribution is -0.131. The highest BCUT2D eigenvalue weighted by molar-refractivity contribution is 6.23. The number of oxime groups is 1. The Hall–Kier alpha value is -3.22. The van der Waals surface area contributed by atoms with Crippen LogP contribution in [0.25, 0.3) is 0 Å². The summed E-state index contributed by atoms with van der Waals surface area (Å²) >= 11 is 0. The number of hydrogen-bond acceptors (Lipinski definition) is 7. The van der Waals surface area contributed by atoms with E-state index in [1.165, 1.54) is 6.92 Å². The van der Waals surface area contributed by atoms with Gasteiger partial charge in [-0.1, -0.05) is 17.3 Å². The number of aliphatic hydroxyl groups is 2. The van der Waals surface area contributed by atoms with Crippen molar-refractivity contribution in [1.29, 1.82) is 0 Å². The molecule has 0 fully saturated rings. The van der Waals surface area contributed by atoms with E-state index >= 15 is 0 Å². The lowest BCUT2D eigenvalue weighted by Crippen LogP contribution is -2.49. The second-order valence-electron chi connectivity index (χ2n) is 9.42. The number of Topliss-reactive ketones (excluding diaryl/α,β-unsaturated/α-hetero) is 3. The van der Waals surface area contributed by atoms with Gasteiger partial charge in [0.2, 0.25) is 0 Å². The standard InChI is InChI=1S/C26H29NO6/c1-6-33-27-13(3)17-8-7-12(2)20-18(17)10-15-9-16-11-19(29)21(14(4)28)24(31)26(16,5)25(32)22(15)23(20)30/h7-8,15-16,29,32H,6,9-11H2,1-5H3/b27-13+/t15-,16+,26+/m1/s1. The number of benzene rings is 1. The van der Waals surface area contributed by atoms with E-state index in [0.717, 1.165) is 16.7 Å². The molecule has 174 valence electrons. The van der Waals surface area contributed by atoms with Crippen molar-refractivity contribution in [3.8, 4) is 0 Å². The van der Waals surface area contributed by atoms with Crippen molar-refractivity contribution in [2.45, 2.75) is 53.9 Å². The van der Waals surface area contributed by atoms with Crippen molar-refractivity contribution in [3.05, 3.63) is 57.1 Å². The summed E-state index contributed by atoms with van der Waals surface area (Å²) in [5.41, 5.74) is 2.21. The van der Waals surface area contributed by atoms with Gasteiger partial charge in [-0.2, -0.15) is 0 Å². The summed E-state index contributed by atoms with van der Waals surface area (Å²) in [6.07, 6.45) is 1.05. The molecule has 7 nitrogen and oxygen atoms in total. The summed E-state index contributed by atoms with van der Waals surface area (Å²) in [5, 5.41) is 26.0. The minimum Gasteiger partial charge on any atom is -0.511 e. The molecule has 0 radical (unpaired) electrons. The monoisotopic (exact) mass is 451 g/mol. The Morgan fingerprint density at radius 1 is 1.21 bits per heavy atom. The highest BCUT2D eigenvalue weighted by Crippen LogP contribution is 2.55. The first-order valence-electron chi connectivity index (χ1n) is 11.3. The molecule has 0 unspecified atom stereocenters. The minimum absolute atomic E-state index is 0.109. The number of fused-ring (bicyclic) bond motifs is 3. The lowest BCUT2D eigenvalue weighted by Gasteiger charge is -2.47. The van der Waals surface area contributed by atoms with Gasteiger partial charge in [-0.15, -0.1) is 0 Å². The van der Waals surface area contributed by atoms with Gasteiger partial charge in [-0.25, -0.2) is 0 Å². The Bertz CT molecular complexity index is 1190. The normalized spacial score (nSPS) is 27.2. The predicted octanol–water partition coefficient (Wildman–Crippen LogP) is 4.32. The van der Waals surface area contributed by atoms with Gasteiger partial charge in [0.1, 0.15) is 18.1 Å². The van der Waals surface area contributed by atoms with Crippen molar-refractivity contribution in [1.82, 2.24) is 0 Å². The fraction of sp³-hybridized carbons (Fsp3) is 0.462. The van der Waals surface area contributed by atoms with E-state index in [1.54, 1.807) is 6.92 Å². The van der Waals surface area contributed by atoms with Gasteiger partial charge in [0.05, 0.1) is 16.7 Å². The molecular weight excluding hydrogens is 422 g/mol. The maximum atomic E-state index is 13.7. The first kappa shape index (κ1) is 23.0. The molecule has 0 saturated heterocycles. The third-order valence-electron chi connectivity index (χ3n) is 7.48. The zero-order valence-corrected chi connectivity index (χ0v) is 19.6. The van der Waals surface area contributed by atoms with Crippen LogP contribution in [0.3, 0.4) is 0 Å². The zero-order valence-electron chi connectivity index (χ0n) is 19.6. The molecule has 1 aromatic carbocycles. The topological polar surface area (TPSA) is 113 Å². The third kappa shape index (κ3) is 3.24. The second-order valence-corrected chi connectivity index (χ2v) is 9.42. The largest absolute Gasteiger partial charge is 0.511 e. The molecular formula is C26H29NO6. The molecule has 0 aromatic heterocycles. The molecule has 3 atom stereocenters. The number of allylic oxidation sites excluding steroid dienone is 4. The number of carbonyl (C=O) groups is 3. The maximum Gasteiger partial charge on any atom is 0.193 e. The van der Waals surface area contributed by atoms with Crippen LogP contribution in [0.4, 0.5) is 0 Å².